The van der Waals surface area contributed by atoms with Crippen LogP contribution in [0.25, 0.3) is 0 Å². The summed E-state index contributed by atoms with van der Waals surface area (Å²) in [5.41, 5.74) is 2.28. The second-order valence-electron chi connectivity index (χ2n) is 8.03. The highest BCUT2D eigenvalue weighted by Gasteiger charge is 2.25. The normalized spacial score (nSPS) is 17.2. The third kappa shape index (κ3) is 6.64. The van der Waals surface area contributed by atoms with Gasteiger partial charge in [-0.3, -0.25) is 9.67 Å². The topological polar surface area (TPSA) is 79.2 Å². The number of aryl methyl sites for hydroxylation is 1. The number of aliphatic imine (C=N–C) groups is 1. The van der Waals surface area contributed by atoms with Crippen LogP contribution in [-0.2, 0) is 7.05 Å². The number of likely N-dealkylation sites (N-methyl/N-ethyl adjacent to an activating group) is 1. The molecule has 1 aliphatic heterocycles. The summed E-state index contributed by atoms with van der Waals surface area (Å²) in [4.78, 5) is 8.96. The van der Waals surface area contributed by atoms with Crippen molar-refractivity contribution < 1.29 is 9.47 Å². The molecule has 1 saturated heterocycles. The highest BCUT2D eigenvalue weighted by Crippen LogP contribution is 2.30. The lowest BCUT2D eigenvalue weighted by Gasteiger charge is -2.26. The zero-order chi connectivity index (χ0) is 22.4. The number of anilines is 1. The maximum atomic E-state index is 5.42. The van der Waals surface area contributed by atoms with Crippen LogP contribution in [0.3, 0.4) is 0 Å². The SMILES string of the molecule is CN=C(NCC(c1cnn(C)c1)N(C)C)NC1CCN(c2cc(OC)cc(OC)c2)C1.I. The number of hydrogen-bond donors (Lipinski definition) is 2. The van der Waals surface area contributed by atoms with Crippen molar-refractivity contribution >= 4 is 35.6 Å². The monoisotopic (exact) mass is 557 g/mol. The molecule has 0 bridgehead atoms. The van der Waals surface area contributed by atoms with Crippen molar-refractivity contribution in [1.29, 1.82) is 0 Å². The first-order valence-corrected chi connectivity index (χ1v) is 10.5. The third-order valence-electron chi connectivity index (χ3n) is 5.65. The van der Waals surface area contributed by atoms with Crippen LogP contribution >= 0.6 is 24.0 Å². The maximum absolute atomic E-state index is 5.42. The fourth-order valence-electron chi connectivity index (χ4n) is 3.88. The minimum Gasteiger partial charge on any atom is -0.497 e. The molecule has 178 valence electrons. The van der Waals surface area contributed by atoms with E-state index in [0.29, 0.717) is 6.04 Å². The molecule has 1 aliphatic rings. The lowest BCUT2D eigenvalue weighted by Crippen LogP contribution is -2.46. The summed E-state index contributed by atoms with van der Waals surface area (Å²) in [6.45, 7) is 2.58. The van der Waals surface area contributed by atoms with Gasteiger partial charge in [0.05, 0.1) is 26.5 Å². The predicted molar refractivity (Wildman–Crippen MR) is 140 cm³/mol. The number of rotatable bonds is 8. The average Bonchev–Trinajstić information content (AvgIpc) is 3.41. The fourth-order valence-corrected chi connectivity index (χ4v) is 3.88. The molecule has 2 N–H and O–H groups in total. The standard InChI is InChI=1S/C22H35N7O2.HI/c1-23-22(24-13-21(27(2)3)16-12-25-28(4)14-16)26-17-7-8-29(15-17)18-9-19(30-5)11-20(10-18)31-6;/h9-12,14,17,21H,7-8,13,15H2,1-6H3,(H2,23,24,26);1H. The van der Waals surface area contributed by atoms with E-state index in [4.69, 9.17) is 9.47 Å². The minimum absolute atomic E-state index is 0. The molecule has 2 heterocycles. The van der Waals surface area contributed by atoms with E-state index in [-0.39, 0.29) is 30.0 Å². The summed E-state index contributed by atoms with van der Waals surface area (Å²) in [7, 11) is 11.3. The second kappa shape index (κ2) is 12.1. The first-order valence-electron chi connectivity index (χ1n) is 10.5. The molecule has 9 nitrogen and oxygen atoms in total. The summed E-state index contributed by atoms with van der Waals surface area (Å²) < 4.78 is 12.7. The molecule has 0 aliphatic carbocycles. The lowest BCUT2D eigenvalue weighted by molar-refractivity contribution is 0.298. The zero-order valence-corrected chi connectivity index (χ0v) is 22.2. The summed E-state index contributed by atoms with van der Waals surface area (Å²) in [6.07, 6.45) is 5.00. The minimum atomic E-state index is 0. The van der Waals surface area contributed by atoms with Crippen molar-refractivity contribution in [2.45, 2.75) is 18.5 Å². The van der Waals surface area contributed by atoms with Crippen LogP contribution in [0.1, 0.15) is 18.0 Å². The Morgan fingerprint density at radius 2 is 1.94 bits per heavy atom. The van der Waals surface area contributed by atoms with Gasteiger partial charge in [0.2, 0.25) is 0 Å². The van der Waals surface area contributed by atoms with Gasteiger partial charge in [-0.15, -0.1) is 24.0 Å². The summed E-state index contributed by atoms with van der Waals surface area (Å²) in [5, 5.41) is 11.4. The van der Waals surface area contributed by atoms with E-state index in [9.17, 15) is 0 Å². The molecule has 1 aromatic carbocycles. The van der Waals surface area contributed by atoms with Gasteiger partial charge in [0, 0.05) is 75.4 Å². The van der Waals surface area contributed by atoms with Gasteiger partial charge < -0.3 is 29.9 Å². The molecule has 10 heteroatoms. The predicted octanol–water partition coefficient (Wildman–Crippen LogP) is 2.10. The van der Waals surface area contributed by atoms with Crippen LogP contribution in [0.15, 0.2) is 35.6 Å². The summed E-state index contributed by atoms with van der Waals surface area (Å²) in [5.74, 6) is 2.41. The quantitative estimate of drug-likeness (QED) is 0.293. The Bertz CT molecular complexity index is 865. The number of benzene rings is 1. The lowest BCUT2D eigenvalue weighted by atomic mass is 10.1. The average molecular weight is 557 g/mol. The van der Waals surface area contributed by atoms with Gasteiger partial charge in [0.25, 0.3) is 0 Å². The molecule has 1 aromatic heterocycles. The van der Waals surface area contributed by atoms with Crippen LogP contribution in [0, 0.1) is 0 Å². The van der Waals surface area contributed by atoms with E-state index in [0.717, 1.165) is 49.2 Å². The van der Waals surface area contributed by atoms with Crippen LogP contribution in [0.4, 0.5) is 5.69 Å². The van der Waals surface area contributed by atoms with Crippen molar-refractivity contribution in [3.63, 3.8) is 0 Å². The zero-order valence-electron chi connectivity index (χ0n) is 19.8. The van der Waals surface area contributed by atoms with Crippen molar-refractivity contribution in [2.24, 2.45) is 12.0 Å². The van der Waals surface area contributed by atoms with Crippen molar-refractivity contribution in [1.82, 2.24) is 25.3 Å². The number of aromatic nitrogens is 2. The first-order chi connectivity index (χ1) is 14.9. The summed E-state index contributed by atoms with van der Waals surface area (Å²) in [6, 6.07) is 6.50. The number of methoxy groups -OCH3 is 2. The number of nitrogens with zero attached hydrogens (tertiary/aromatic N) is 5. The van der Waals surface area contributed by atoms with Gasteiger partial charge in [-0.1, -0.05) is 0 Å². The van der Waals surface area contributed by atoms with Gasteiger partial charge in [0.15, 0.2) is 5.96 Å². The number of hydrogen-bond acceptors (Lipinski definition) is 6. The van der Waals surface area contributed by atoms with Crippen LogP contribution < -0.4 is 25.0 Å². The van der Waals surface area contributed by atoms with Crippen molar-refractivity contribution in [3.05, 3.63) is 36.2 Å². The molecule has 0 amide bonds. The Morgan fingerprint density at radius 1 is 1.25 bits per heavy atom. The van der Waals surface area contributed by atoms with Crippen LogP contribution in [-0.4, -0.2) is 81.7 Å². The molecule has 0 saturated carbocycles. The van der Waals surface area contributed by atoms with Gasteiger partial charge in [-0.25, -0.2) is 0 Å². The van der Waals surface area contributed by atoms with Crippen LogP contribution in [0.2, 0.25) is 0 Å². The number of halogens is 1. The van der Waals surface area contributed by atoms with E-state index in [1.54, 1.807) is 14.2 Å². The van der Waals surface area contributed by atoms with Crippen molar-refractivity contribution in [3.8, 4) is 11.5 Å². The number of guanidine groups is 1. The summed E-state index contributed by atoms with van der Waals surface area (Å²) >= 11 is 0. The second-order valence-corrected chi connectivity index (χ2v) is 8.03. The fraction of sp³-hybridized carbons (Fsp3) is 0.545. The molecular weight excluding hydrogens is 521 g/mol. The van der Waals surface area contributed by atoms with E-state index < -0.39 is 0 Å². The Hall–Kier alpha value is -2.21. The van der Waals surface area contributed by atoms with E-state index >= 15 is 0 Å². The van der Waals surface area contributed by atoms with Gasteiger partial charge in [-0.2, -0.15) is 5.10 Å². The highest BCUT2D eigenvalue weighted by molar-refractivity contribution is 14.0. The van der Waals surface area contributed by atoms with E-state index in [2.05, 4.69) is 50.8 Å². The Labute approximate surface area is 208 Å². The van der Waals surface area contributed by atoms with E-state index in [1.165, 1.54) is 5.56 Å². The van der Waals surface area contributed by atoms with Gasteiger partial charge in [-0.05, 0) is 20.5 Å². The Balaban J connectivity index is 0.00000363. The number of ether oxygens (including phenoxy) is 2. The molecule has 0 radical (unpaired) electrons. The molecule has 2 atom stereocenters. The molecule has 2 unspecified atom stereocenters. The largest absolute Gasteiger partial charge is 0.497 e. The molecule has 1 fully saturated rings. The molecule has 2 aromatic rings. The molecular formula is C22H36IN7O2. The van der Waals surface area contributed by atoms with Crippen LogP contribution in [0.5, 0.6) is 11.5 Å². The molecule has 0 spiro atoms. The van der Waals surface area contributed by atoms with Gasteiger partial charge >= 0.3 is 0 Å². The van der Waals surface area contributed by atoms with Crippen molar-refractivity contribution in [2.75, 3.05) is 59.9 Å². The Morgan fingerprint density at radius 3 is 2.47 bits per heavy atom. The smallest absolute Gasteiger partial charge is 0.191 e. The Kier molecular flexibility index (Phi) is 9.88. The molecule has 32 heavy (non-hydrogen) atoms. The maximum Gasteiger partial charge on any atom is 0.191 e. The highest BCUT2D eigenvalue weighted by atomic mass is 127. The van der Waals surface area contributed by atoms with Gasteiger partial charge in [0.1, 0.15) is 11.5 Å². The number of nitrogens with one attached hydrogen (secondary N) is 2. The first kappa shape index (κ1) is 26.0. The molecule has 3 rings (SSSR count). The third-order valence-corrected chi connectivity index (χ3v) is 5.65. The van der Waals surface area contributed by atoms with E-state index in [1.807, 2.05) is 43.2 Å².